The molecule has 0 saturated carbocycles. The molecule has 0 unspecified atom stereocenters. The molecule has 7 heteroatoms. The molecule has 0 spiro atoms. The Morgan fingerprint density at radius 1 is 1.28 bits per heavy atom. The lowest BCUT2D eigenvalue weighted by Crippen LogP contribution is -2.27. The molecule has 0 saturated heterocycles. The maximum absolute atomic E-state index is 11.5. The van der Waals surface area contributed by atoms with Gasteiger partial charge in [0.05, 0.1) is 0 Å². The molecule has 18 heavy (non-hydrogen) atoms. The van der Waals surface area contributed by atoms with E-state index in [-0.39, 0.29) is 0 Å². The molecule has 0 aliphatic rings. The van der Waals surface area contributed by atoms with Crippen LogP contribution >= 0.6 is 0 Å². The highest BCUT2D eigenvalue weighted by atomic mass is 17.5. The zero-order valence-corrected chi connectivity index (χ0v) is 10.5. The van der Waals surface area contributed by atoms with E-state index in [4.69, 9.17) is 9.99 Å². The Bertz CT molecular complexity index is 387. The number of amides is 1. The molecule has 0 atom stereocenters. The predicted octanol–water partition coefficient (Wildman–Crippen LogP) is 1.70. The Kier molecular flexibility index (Phi) is 5.15. The van der Waals surface area contributed by atoms with Crippen LogP contribution in [-0.4, -0.2) is 24.4 Å². The van der Waals surface area contributed by atoms with Crippen molar-refractivity contribution in [2.24, 2.45) is 0 Å². The Balaban J connectivity index is 2.50. The second kappa shape index (κ2) is 6.39. The molecular formula is C11H15BNO5. The van der Waals surface area contributed by atoms with Gasteiger partial charge in [0.15, 0.2) is 0 Å². The van der Waals surface area contributed by atoms with Crippen LogP contribution in [0.2, 0.25) is 0 Å². The van der Waals surface area contributed by atoms with Gasteiger partial charge < -0.3 is 4.74 Å². The summed E-state index contributed by atoms with van der Waals surface area (Å²) in [5, 5.41) is 14.0. The lowest BCUT2D eigenvalue weighted by Gasteiger charge is -2.19. The van der Waals surface area contributed by atoms with E-state index in [0.29, 0.717) is 11.2 Å². The lowest BCUT2D eigenvalue weighted by molar-refractivity contribution is -0.441. The quantitative estimate of drug-likeness (QED) is 0.484. The van der Waals surface area contributed by atoms with E-state index in [0.717, 1.165) is 0 Å². The summed E-state index contributed by atoms with van der Waals surface area (Å²) in [6.45, 7) is 5.37. The fourth-order valence-electron chi connectivity index (χ4n) is 1.14. The SMILES string of the molecule is CC(C)(C)OC(=O)Nc1ccc([B]OOO)cc1. The molecule has 1 amide bonds. The first-order chi connectivity index (χ1) is 8.40. The predicted molar refractivity (Wildman–Crippen MR) is 66.5 cm³/mol. The molecule has 0 aromatic heterocycles. The van der Waals surface area contributed by atoms with Gasteiger partial charge in [0.25, 0.3) is 0 Å². The normalized spacial score (nSPS) is 10.9. The van der Waals surface area contributed by atoms with Crippen LogP contribution in [0.4, 0.5) is 10.5 Å². The van der Waals surface area contributed by atoms with Crippen LogP contribution in [0.25, 0.3) is 0 Å². The van der Waals surface area contributed by atoms with Gasteiger partial charge in [0, 0.05) is 5.69 Å². The molecule has 0 aliphatic carbocycles. The summed E-state index contributed by atoms with van der Waals surface area (Å²) in [6, 6.07) is 6.67. The fraction of sp³-hybridized carbons (Fsp3) is 0.364. The largest absolute Gasteiger partial charge is 0.444 e. The average Bonchev–Trinajstić information content (AvgIpc) is 2.25. The first kappa shape index (κ1) is 14.5. The number of nitrogens with one attached hydrogen (secondary N) is 1. The van der Waals surface area contributed by atoms with E-state index in [2.05, 4.69) is 15.2 Å². The van der Waals surface area contributed by atoms with Crippen LogP contribution in [0, 0.1) is 0 Å². The monoisotopic (exact) mass is 252 g/mol. The zero-order chi connectivity index (χ0) is 13.6. The molecule has 2 N–H and O–H groups in total. The van der Waals surface area contributed by atoms with Crippen molar-refractivity contribution in [1.82, 2.24) is 0 Å². The molecular weight excluding hydrogens is 237 g/mol. The topological polar surface area (TPSA) is 77.0 Å². The Morgan fingerprint density at radius 3 is 2.39 bits per heavy atom. The van der Waals surface area contributed by atoms with Crippen molar-refractivity contribution in [2.75, 3.05) is 5.32 Å². The van der Waals surface area contributed by atoms with E-state index >= 15 is 0 Å². The minimum absolute atomic E-state index is 0.519. The third-order valence-corrected chi connectivity index (χ3v) is 1.78. The van der Waals surface area contributed by atoms with E-state index < -0.39 is 11.7 Å². The first-order valence-corrected chi connectivity index (χ1v) is 5.31. The number of carbonyl (C=O) groups is 1. The van der Waals surface area contributed by atoms with Gasteiger partial charge in [0.1, 0.15) is 5.60 Å². The van der Waals surface area contributed by atoms with Crippen LogP contribution in [-0.2, 0) is 14.6 Å². The van der Waals surface area contributed by atoms with Gasteiger partial charge in [-0.05, 0) is 38.4 Å². The molecule has 97 valence electrons. The maximum Gasteiger partial charge on any atom is 0.412 e. The van der Waals surface area contributed by atoms with Gasteiger partial charge in [0.2, 0.25) is 0 Å². The number of anilines is 1. The molecule has 1 aromatic rings. The summed E-state index contributed by atoms with van der Waals surface area (Å²) in [5.74, 6) is 0. The van der Waals surface area contributed by atoms with Crippen LogP contribution in [0.15, 0.2) is 24.3 Å². The smallest absolute Gasteiger partial charge is 0.412 e. The van der Waals surface area contributed by atoms with Gasteiger partial charge in [-0.25, -0.2) is 10.1 Å². The number of carbonyl (C=O) groups excluding carboxylic acids is 1. The molecule has 1 rings (SSSR count). The highest BCUT2D eigenvalue weighted by Gasteiger charge is 2.16. The Labute approximate surface area is 106 Å². The summed E-state index contributed by atoms with van der Waals surface area (Å²) < 4.78 is 5.10. The Morgan fingerprint density at radius 2 is 1.89 bits per heavy atom. The Hall–Kier alpha value is -1.57. The fourth-order valence-corrected chi connectivity index (χ4v) is 1.14. The zero-order valence-electron chi connectivity index (χ0n) is 10.5. The summed E-state index contributed by atoms with van der Waals surface area (Å²) in [5.41, 5.74) is 0.717. The maximum atomic E-state index is 11.5. The summed E-state index contributed by atoms with van der Waals surface area (Å²) in [6.07, 6.45) is -0.519. The molecule has 6 nitrogen and oxygen atoms in total. The number of hydrogen-bond donors (Lipinski definition) is 2. The van der Waals surface area contributed by atoms with Crippen LogP contribution in [0.1, 0.15) is 20.8 Å². The van der Waals surface area contributed by atoms with Crippen molar-refractivity contribution >= 4 is 24.7 Å². The minimum Gasteiger partial charge on any atom is -0.444 e. The highest BCUT2D eigenvalue weighted by molar-refractivity contribution is 6.46. The van der Waals surface area contributed by atoms with Crippen molar-refractivity contribution in [3.05, 3.63) is 24.3 Å². The van der Waals surface area contributed by atoms with Crippen LogP contribution < -0.4 is 10.8 Å². The minimum atomic E-state index is -0.538. The van der Waals surface area contributed by atoms with E-state index in [1.54, 1.807) is 45.0 Å². The van der Waals surface area contributed by atoms with E-state index in [1.807, 2.05) is 0 Å². The summed E-state index contributed by atoms with van der Waals surface area (Å²) in [7, 11) is 1.21. The molecule has 0 heterocycles. The van der Waals surface area contributed by atoms with Gasteiger partial charge in [-0.3, -0.25) is 10.1 Å². The van der Waals surface area contributed by atoms with E-state index in [9.17, 15) is 4.79 Å². The van der Waals surface area contributed by atoms with Gasteiger partial charge in [-0.1, -0.05) is 17.2 Å². The number of rotatable bonds is 4. The molecule has 1 radical (unpaired) electrons. The third-order valence-electron chi connectivity index (χ3n) is 1.78. The highest BCUT2D eigenvalue weighted by Crippen LogP contribution is 2.10. The van der Waals surface area contributed by atoms with Gasteiger partial charge >= 0.3 is 13.6 Å². The standard InChI is InChI=1S/C11H15BNO5/c1-11(2,3)16-10(14)13-9-6-4-8(5-7-9)12-17-18-15/h4-7,15H,1-3H3,(H,13,14). The summed E-state index contributed by atoms with van der Waals surface area (Å²) >= 11 is 0. The molecule has 0 bridgehead atoms. The number of ether oxygens (including phenoxy) is 1. The van der Waals surface area contributed by atoms with Gasteiger partial charge in [-0.2, -0.15) is 0 Å². The number of hydrogen-bond acceptors (Lipinski definition) is 5. The summed E-state index contributed by atoms with van der Waals surface area (Å²) in [4.78, 5) is 15.7. The molecule has 0 fully saturated rings. The number of benzene rings is 1. The second-order valence-corrected chi connectivity index (χ2v) is 4.54. The first-order valence-electron chi connectivity index (χ1n) is 5.31. The third kappa shape index (κ3) is 5.67. The van der Waals surface area contributed by atoms with Crippen LogP contribution in [0.3, 0.4) is 0 Å². The average molecular weight is 252 g/mol. The van der Waals surface area contributed by atoms with E-state index in [1.165, 1.54) is 7.48 Å². The van der Waals surface area contributed by atoms with Gasteiger partial charge in [-0.15, -0.1) is 0 Å². The van der Waals surface area contributed by atoms with Crippen molar-refractivity contribution in [3.63, 3.8) is 0 Å². The molecule has 1 aromatic carbocycles. The second-order valence-electron chi connectivity index (χ2n) is 4.54. The van der Waals surface area contributed by atoms with Crippen molar-refractivity contribution in [3.8, 4) is 0 Å². The van der Waals surface area contributed by atoms with Crippen molar-refractivity contribution < 1.29 is 24.6 Å². The van der Waals surface area contributed by atoms with Crippen molar-refractivity contribution in [2.45, 2.75) is 26.4 Å². The molecule has 0 aliphatic heterocycles. The lowest BCUT2D eigenvalue weighted by atomic mass is 9.89. The van der Waals surface area contributed by atoms with Crippen LogP contribution in [0.5, 0.6) is 0 Å². The van der Waals surface area contributed by atoms with Crippen molar-refractivity contribution in [1.29, 1.82) is 0 Å².